The van der Waals surface area contributed by atoms with E-state index in [1.165, 1.54) is 64.2 Å². The summed E-state index contributed by atoms with van der Waals surface area (Å²) in [5.41, 5.74) is 0. The van der Waals surface area contributed by atoms with Crippen molar-refractivity contribution < 1.29 is 24.2 Å². The van der Waals surface area contributed by atoms with E-state index in [2.05, 4.69) is 27.7 Å². The number of hydrogen-bond donors (Lipinski definition) is 1. The summed E-state index contributed by atoms with van der Waals surface area (Å²) in [5, 5.41) is 9.89. The summed E-state index contributed by atoms with van der Waals surface area (Å²) < 4.78 is 10.2. The van der Waals surface area contributed by atoms with Crippen LogP contribution in [-0.4, -0.2) is 36.4 Å². The van der Waals surface area contributed by atoms with Crippen molar-refractivity contribution in [3.63, 3.8) is 0 Å². The Morgan fingerprint density at radius 3 is 1.41 bits per heavy atom. The van der Waals surface area contributed by atoms with E-state index in [9.17, 15) is 14.7 Å². The average Bonchev–Trinajstić information content (AvgIpc) is 2.81. The van der Waals surface area contributed by atoms with Crippen LogP contribution >= 0.6 is 0 Å². The fourth-order valence-corrected chi connectivity index (χ4v) is 3.95. The summed E-state index contributed by atoms with van der Waals surface area (Å²) in [4.78, 5) is 23.6. The second-order valence-electron chi connectivity index (χ2n) is 10.6. The van der Waals surface area contributed by atoms with Gasteiger partial charge in [-0.05, 0) is 24.7 Å². The molecule has 34 heavy (non-hydrogen) atoms. The molecule has 5 nitrogen and oxygen atoms in total. The standard InChI is InChI=1S/C29H56O5/c1-5-26(4)20-16-12-9-10-14-18-22-29(32)34-24-27(30)23-33-28(31)21-17-13-8-6-7-11-15-19-25(2)3/h25-27,30H,5-24H2,1-4H3/t26?,27-/m1/s1. The van der Waals surface area contributed by atoms with E-state index in [1.54, 1.807) is 0 Å². The van der Waals surface area contributed by atoms with Crippen LogP contribution in [0, 0.1) is 11.8 Å². The van der Waals surface area contributed by atoms with Gasteiger partial charge in [0, 0.05) is 12.8 Å². The van der Waals surface area contributed by atoms with Crippen molar-refractivity contribution in [2.45, 2.75) is 149 Å². The molecule has 0 rings (SSSR count). The number of unbranched alkanes of at least 4 members (excludes halogenated alkanes) is 11. The van der Waals surface area contributed by atoms with E-state index in [0.29, 0.717) is 12.8 Å². The molecule has 0 saturated heterocycles. The molecular weight excluding hydrogens is 428 g/mol. The third kappa shape index (κ3) is 24.0. The molecule has 0 amide bonds. The number of rotatable bonds is 24. The van der Waals surface area contributed by atoms with Gasteiger partial charge in [-0.3, -0.25) is 9.59 Å². The van der Waals surface area contributed by atoms with Gasteiger partial charge in [0.15, 0.2) is 0 Å². The van der Waals surface area contributed by atoms with Crippen LogP contribution in [0.3, 0.4) is 0 Å². The Hall–Kier alpha value is -1.10. The minimum atomic E-state index is -0.954. The van der Waals surface area contributed by atoms with Gasteiger partial charge in [0.1, 0.15) is 19.3 Å². The molecule has 0 aliphatic heterocycles. The van der Waals surface area contributed by atoms with Gasteiger partial charge in [-0.25, -0.2) is 0 Å². The number of carbonyl (C=O) groups excluding carboxylic acids is 2. The number of carbonyl (C=O) groups is 2. The largest absolute Gasteiger partial charge is 0.463 e. The summed E-state index contributed by atoms with van der Waals surface area (Å²) in [5.74, 6) is 1.06. The summed E-state index contributed by atoms with van der Waals surface area (Å²) in [6, 6.07) is 0. The third-order valence-electron chi connectivity index (χ3n) is 6.56. The lowest BCUT2D eigenvalue weighted by Crippen LogP contribution is -2.25. The molecule has 0 bridgehead atoms. The first-order valence-corrected chi connectivity index (χ1v) is 14.3. The zero-order chi connectivity index (χ0) is 25.4. The molecule has 1 N–H and O–H groups in total. The molecule has 0 spiro atoms. The molecule has 0 radical (unpaired) electrons. The molecule has 0 aromatic rings. The first kappa shape index (κ1) is 32.9. The summed E-state index contributed by atoms with van der Waals surface area (Å²) >= 11 is 0. The van der Waals surface area contributed by atoms with Gasteiger partial charge in [0.05, 0.1) is 0 Å². The van der Waals surface area contributed by atoms with Crippen molar-refractivity contribution in [3.8, 4) is 0 Å². The highest BCUT2D eigenvalue weighted by Gasteiger charge is 2.12. The second kappa shape index (κ2) is 23.6. The number of aliphatic hydroxyl groups excluding tert-OH is 1. The fraction of sp³-hybridized carbons (Fsp3) is 0.931. The Kier molecular flexibility index (Phi) is 22.9. The molecule has 0 heterocycles. The molecule has 2 atom stereocenters. The van der Waals surface area contributed by atoms with Crippen molar-refractivity contribution >= 4 is 11.9 Å². The molecule has 0 aliphatic rings. The quantitative estimate of drug-likeness (QED) is 0.112. The maximum Gasteiger partial charge on any atom is 0.305 e. The molecule has 5 heteroatoms. The molecule has 0 saturated carbocycles. The Balaban J connectivity index is 3.48. The minimum Gasteiger partial charge on any atom is -0.463 e. The van der Waals surface area contributed by atoms with Gasteiger partial charge in [-0.2, -0.15) is 0 Å². The van der Waals surface area contributed by atoms with E-state index in [1.807, 2.05) is 0 Å². The van der Waals surface area contributed by atoms with E-state index in [4.69, 9.17) is 9.47 Å². The predicted molar refractivity (Wildman–Crippen MR) is 141 cm³/mol. The topological polar surface area (TPSA) is 72.8 Å². The maximum atomic E-state index is 11.8. The monoisotopic (exact) mass is 484 g/mol. The summed E-state index contributed by atoms with van der Waals surface area (Å²) in [7, 11) is 0. The van der Waals surface area contributed by atoms with E-state index in [0.717, 1.165) is 50.4 Å². The SMILES string of the molecule is CCC(C)CCCCCCCCC(=O)OC[C@H](O)COC(=O)CCCCCCCCCC(C)C. The van der Waals surface area contributed by atoms with Crippen LogP contribution in [0.4, 0.5) is 0 Å². The highest BCUT2D eigenvalue weighted by molar-refractivity contribution is 5.69. The molecule has 0 aromatic heterocycles. The van der Waals surface area contributed by atoms with Crippen LogP contribution in [-0.2, 0) is 19.1 Å². The van der Waals surface area contributed by atoms with E-state index in [-0.39, 0.29) is 25.2 Å². The van der Waals surface area contributed by atoms with Crippen LogP contribution in [0.5, 0.6) is 0 Å². The summed E-state index contributed by atoms with van der Waals surface area (Å²) in [6.07, 6.45) is 18.7. The van der Waals surface area contributed by atoms with Crippen LogP contribution in [0.1, 0.15) is 143 Å². The highest BCUT2D eigenvalue weighted by atomic mass is 16.6. The number of esters is 2. The molecule has 0 fully saturated rings. The molecule has 0 aliphatic carbocycles. The predicted octanol–water partition coefficient (Wildman–Crippen LogP) is 7.77. The Labute approximate surface area is 210 Å². The van der Waals surface area contributed by atoms with Gasteiger partial charge in [0.25, 0.3) is 0 Å². The Morgan fingerprint density at radius 2 is 1.00 bits per heavy atom. The number of ether oxygens (including phenoxy) is 2. The average molecular weight is 485 g/mol. The zero-order valence-corrected chi connectivity index (χ0v) is 23.0. The lowest BCUT2D eigenvalue weighted by molar-refractivity contribution is -0.152. The van der Waals surface area contributed by atoms with Gasteiger partial charge < -0.3 is 14.6 Å². The molecule has 202 valence electrons. The Morgan fingerprint density at radius 1 is 0.618 bits per heavy atom. The van der Waals surface area contributed by atoms with Crippen molar-refractivity contribution in [1.82, 2.24) is 0 Å². The fourth-order valence-electron chi connectivity index (χ4n) is 3.95. The number of hydrogen-bond acceptors (Lipinski definition) is 5. The van der Waals surface area contributed by atoms with Gasteiger partial charge in [-0.15, -0.1) is 0 Å². The van der Waals surface area contributed by atoms with Crippen LogP contribution < -0.4 is 0 Å². The maximum absolute atomic E-state index is 11.8. The van der Waals surface area contributed by atoms with Crippen molar-refractivity contribution in [2.24, 2.45) is 11.8 Å². The highest BCUT2D eigenvalue weighted by Crippen LogP contribution is 2.15. The van der Waals surface area contributed by atoms with E-state index >= 15 is 0 Å². The van der Waals surface area contributed by atoms with Crippen LogP contribution in [0.15, 0.2) is 0 Å². The Bertz CT molecular complexity index is 477. The van der Waals surface area contributed by atoms with E-state index < -0.39 is 6.10 Å². The first-order chi connectivity index (χ1) is 16.3. The van der Waals surface area contributed by atoms with Crippen LogP contribution in [0.2, 0.25) is 0 Å². The molecule has 0 aromatic carbocycles. The van der Waals surface area contributed by atoms with Gasteiger partial charge in [0.2, 0.25) is 0 Å². The number of aliphatic hydroxyl groups is 1. The lowest BCUT2D eigenvalue weighted by atomic mass is 10.00. The zero-order valence-electron chi connectivity index (χ0n) is 23.0. The minimum absolute atomic E-state index is 0.112. The first-order valence-electron chi connectivity index (χ1n) is 14.3. The van der Waals surface area contributed by atoms with Crippen LogP contribution in [0.25, 0.3) is 0 Å². The third-order valence-corrected chi connectivity index (χ3v) is 6.56. The van der Waals surface area contributed by atoms with Crippen molar-refractivity contribution in [3.05, 3.63) is 0 Å². The smallest absolute Gasteiger partial charge is 0.305 e. The summed E-state index contributed by atoms with van der Waals surface area (Å²) in [6.45, 7) is 8.87. The molecule has 1 unspecified atom stereocenters. The normalized spacial score (nSPS) is 13.1. The van der Waals surface area contributed by atoms with Gasteiger partial charge in [-0.1, -0.05) is 118 Å². The molecular formula is C29H56O5. The lowest BCUT2D eigenvalue weighted by Gasteiger charge is -2.12. The van der Waals surface area contributed by atoms with Crippen molar-refractivity contribution in [1.29, 1.82) is 0 Å². The van der Waals surface area contributed by atoms with Gasteiger partial charge >= 0.3 is 11.9 Å². The van der Waals surface area contributed by atoms with Crippen molar-refractivity contribution in [2.75, 3.05) is 13.2 Å². The second-order valence-corrected chi connectivity index (χ2v) is 10.6.